The third-order valence-electron chi connectivity index (χ3n) is 7.42. The van der Waals surface area contributed by atoms with Crippen LogP contribution in [0.15, 0.2) is 35.4 Å². The van der Waals surface area contributed by atoms with E-state index in [1.54, 1.807) is 10.9 Å². The fourth-order valence-corrected chi connectivity index (χ4v) is 5.96. The minimum absolute atomic E-state index is 0.150. The summed E-state index contributed by atoms with van der Waals surface area (Å²) >= 11 is 0. The van der Waals surface area contributed by atoms with Crippen molar-refractivity contribution in [3.05, 3.63) is 47.3 Å². The van der Waals surface area contributed by atoms with Gasteiger partial charge in [-0.15, -0.1) is 0 Å². The van der Waals surface area contributed by atoms with Crippen LogP contribution < -0.4 is 11.1 Å². The number of nitrogens with zero attached hydrogens (tertiary/aromatic N) is 3. The lowest BCUT2D eigenvalue weighted by atomic mass is 9.77. The molecule has 1 aliphatic heterocycles. The zero-order valence-electron chi connectivity index (χ0n) is 20.4. The summed E-state index contributed by atoms with van der Waals surface area (Å²) in [7, 11) is -4.70. The first-order valence-corrected chi connectivity index (χ1v) is 13.9. The highest BCUT2D eigenvalue weighted by atomic mass is 32.2. The molecule has 1 saturated carbocycles. The van der Waals surface area contributed by atoms with Crippen molar-refractivity contribution < 1.29 is 26.7 Å². The lowest BCUT2D eigenvalue weighted by Gasteiger charge is -2.40. The monoisotopic (exact) mass is 535 g/mol. The molecular formula is C25H31F2N5O4S. The van der Waals surface area contributed by atoms with Gasteiger partial charge in [-0.25, -0.2) is 8.42 Å². The van der Waals surface area contributed by atoms with Crippen molar-refractivity contribution in [2.75, 3.05) is 13.2 Å². The third kappa shape index (κ3) is 6.00. The Bertz CT molecular complexity index is 1240. The van der Waals surface area contributed by atoms with E-state index in [4.69, 9.17) is 10.5 Å². The molecule has 2 heterocycles. The standard InChI is InChI=1S/C25H31F2N5O4S/c26-24(27)37(34,35)20-3-1-17(2-4-20)15-22-21(23(29)33)16-32(31-22)25(11-12-28)9-5-18(6-10-25)30-19-7-13-36-14-8-19/h1-4,16,18-19,24,30H,5-11,13-15H2,(H2,29,33). The molecular weight excluding hydrogens is 504 g/mol. The fourth-order valence-electron chi connectivity index (χ4n) is 5.24. The first kappa shape index (κ1) is 27.2. The summed E-state index contributed by atoms with van der Waals surface area (Å²) in [5.41, 5.74) is 6.24. The molecule has 0 bridgehead atoms. The van der Waals surface area contributed by atoms with Crippen LogP contribution in [0.3, 0.4) is 0 Å². The van der Waals surface area contributed by atoms with Gasteiger partial charge in [0.1, 0.15) is 0 Å². The lowest BCUT2D eigenvalue weighted by molar-refractivity contribution is 0.0684. The minimum atomic E-state index is -4.70. The zero-order valence-corrected chi connectivity index (χ0v) is 21.2. The van der Waals surface area contributed by atoms with Crippen LogP contribution in [0, 0.1) is 11.3 Å². The second kappa shape index (κ2) is 11.2. The molecule has 12 heteroatoms. The number of nitrogens with one attached hydrogen (secondary N) is 1. The average molecular weight is 536 g/mol. The smallest absolute Gasteiger partial charge is 0.341 e. The van der Waals surface area contributed by atoms with Gasteiger partial charge in [0.15, 0.2) is 0 Å². The summed E-state index contributed by atoms with van der Waals surface area (Å²) in [6, 6.07) is 8.10. The van der Waals surface area contributed by atoms with Gasteiger partial charge in [-0.05, 0) is 56.2 Å². The molecule has 2 fully saturated rings. The van der Waals surface area contributed by atoms with Gasteiger partial charge < -0.3 is 15.8 Å². The number of rotatable bonds is 9. The van der Waals surface area contributed by atoms with Crippen LogP contribution in [-0.4, -0.2) is 55.2 Å². The number of aromatic nitrogens is 2. The first-order chi connectivity index (χ1) is 17.6. The van der Waals surface area contributed by atoms with Crippen molar-refractivity contribution >= 4 is 15.7 Å². The van der Waals surface area contributed by atoms with Crippen molar-refractivity contribution in [3.8, 4) is 6.07 Å². The predicted octanol–water partition coefficient (Wildman–Crippen LogP) is 2.89. The highest BCUT2D eigenvalue weighted by Crippen LogP contribution is 2.38. The number of halogens is 2. The van der Waals surface area contributed by atoms with E-state index in [1.807, 2.05) is 0 Å². The normalized spacial score (nSPS) is 23.1. The van der Waals surface area contributed by atoms with Gasteiger partial charge in [-0.1, -0.05) is 12.1 Å². The first-order valence-electron chi connectivity index (χ1n) is 12.4. The topological polar surface area (TPSA) is 140 Å². The number of hydrogen-bond donors (Lipinski definition) is 2. The maximum atomic E-state index is 12.8. The van der Waals surface area contributed by atoms with Crippen molar-refractivity contribution in [1.82, 2.24) is 15.1 Å². The van der Waals surface area contributed by atoms with Crippen LogP contribution in [0.4, 0.5) is 8.78 Å². The van der Waals surface area contributed by atoms with Crippen LogP contribution in [0.5, 0.6) is 0 Å². The number of alkyl halides is 2. The van der Waals surface area contributed by atoms with Crippen LogP contribution in [0.1, 0.15) is 66.6 Å². The number of hydrogen-bond acceptors (Lipinski definition) is 7. The largest absolute Gasteiger partial charge is 0.381 e. The molecule has 0 spiro atoms. The van der Waals surface area contributed by atoms with Crippen LogP contribution >= 0.6 is 0 Å². The summed E-state index contributed by atoms with van der Waals surface area (Å²) in [6.07, 6.45) is 7.09. The van der Waals surface area contributed by atoms with Gasteiger partial charge in [-0.3, -0.25) is 9.48 Å². The number of ether oxygens (including phenoxy) is 1. The predicted molar refractivity (Wildman–Crippen MR) is 131 cm³/mol. The number of primary amides is 1. The average Bonchev–Trinajstić information content (AvgIpc) is 3.31. The molecule has 1 aromatic carbocycles. The molecule has 1 aliphatic carbocycles. The molecule has 1 amide bonds. The number of carbonyl (C=O) groups excluding carboxylic acids is 1. The zero-order chi connectivity index (χ0) is 26.6. The Labute approximate surface area is 214 Å². The van der Waals surface area contributed by atoms with E-state index in [0.717, 1.165) is 51.0 Å². The van der Waals surface area contributed by atoms with E-state index in [9.17, 15) is 27.3 Å². The van der Waals surface area contributed by atoms with Gasteiger partial charge >= 0.3 is 5.76 Å². The molecule has 0 radical (unpaired) electrons. The Hall–Kier alpha value is -2.88. The van der Waals surface area contributed by atoms with E-state index >= 15 is 0 Å². The molecule has 1 saturated heterocycles. The van der Waals surface area contributed by atoms with E-state index in [1.165, 1.54) is 12.1 Å². The summed E-state index contributed by atoms with van der Waals surface area (Å²) in [4.78, 5) is 11.7. The summed E-state index contributed by atoms with van der Waals surface area (Å²) in [5.74, 6) is -4.17. The molecule has 2 aromatic rings. The molecule has 200 valence electrons. The van der Waals surface area contributed by atoms with Crippen molar-refractivity contribution in [2.24, 2.45) is 5.73 Å². The van der Waals surface area contributed by atoms with E-state index in [0.29, 0.717) is 36.2 Å². The summed E-state index contributed by atoms with van der Waals surface area (Å²) < 4.78 is 56.2. The summed E-state index contributed by atoms with van der Waals surface area (Å²) in [6.45, 7) is 1.53. The van der Waals surface area contributed by atoms with Crippen molar-refractivity contribution in [2.45, 2.75) is 79.6 Å². The molecule has 0 unspecified atom stereocenters. The number of carbonyl (C=O) groups is 1. The molecule has 1 aromatic heterocycles. The molecule has 2 aliphatic rings. The molecule has 3 N–H and O–H groups in total. The van der Waals surface area contributed by atoms with Crippen LogP contribution in [-0.2, 0) is 26.5 Å². The highest BCUT2D eigenvalue weighted by molar-refractivity contribution is 7.91. The maximum absolute atomic E-state index is 12.8. The van der Waals surface area contributed by atoms with E-state index in [2.05, 4.69) is 16.5 Å². The van der Waals surface area contributed by atoms with Gasteiger partial charge in [0.25, 0.3) is 5.91 Å². The Morgan fingerprint density at radius 2 is 1.81 bits per heavy atom. The Morgan fingerprint density at radius 1 is 1.19 bits per heavy atom. The van der Waals surface area contributed by atoms with E-state index < -0.39 is 31.9 Å². The highest BCUT2D eigenvalue weighted by Gasteiger charge is 2.39. The second-order valence-corrected chi connectivity index (χ2v) is 11.7. The van der Waals surface area contributed by atoms with Gasteiger partial charge in [-0.2, -0.15) is 19.1 Å². The number of nitriles is 1. The molecule has 4 rings (SSSR count). The fraction of sp³-hybridized carbons (Fsp3) is 0.560. The molecule has 0 atom stereocenters. The SMILES string of the molecule is N#CCC1(n2cc(C(N)=O)c(Cc3ccc(S(=O)(=O)C(F)F)cc3)n2)CCC(NC2CCOCC2)CC1. The van der Waals surface area contributed by atoms with Crippen LogP contribution in [0.25, 0.3) is 0 Å². The Kier molecular flexibility index (Phi) is 8.26. The van der Waals surface area contributed by atoms with Gasteiger partial charge in [0.2, 0.25) is 9.84 Å². The Balaban J connectivity index is 1.53. The molecule has 37 heavy (non-hydrogen) atoms. The third-order valence-corrected chi connectivity index (χ3v) is 8.82. The number of sulfone groups is 1. The van der Waals surface area contributed by atoms with Gasteiger partial charge in [0.05, 0.1) is 34.2 Å². The van der Waals surface area contributed by atoms with Gasteiger partial charge in [0, 0.05) is 37.9 Å². The summed E-state index contributed by atoms with van der Waals surface area (Å²) in [5, 5.41) is 18.0. The molecule has 9 nitrogen and oxygen atoms in total. The quantitative estimate of drug-likeness (QED) is 0.503. The van der Waals surface area contributed by atoms with Crippen LogP contribution in [0.2, 0.25) is 0 Å². The Morgan fingerprint density at radius 3 is 2.38 bits per heavy atom. The lowest BCUT2D eigenvalue weighted by Crippen LogP contribution is -2.47. The number of benzene rings is 1. The number of nitrogens with two attached hydrogens (primary N) is 1. The van der Waals surface area contributed by atoms with E-state index in [-0.39, 0.29) is 18.4 Å². The second-order valence-electron chi connectivity index (χ2n) is 9.81. The number of amides is 1. The minimum Gasteiger partial charge on any atom is -0.381 e. The van der Waals surface area contributed by atoms with Crippen molar-refractivity contribution in [1.29, 1.82) is 5.26 Å². The van der Waals surface area contributed by atoms with Crippen molar-refractivity contribution in [3.63, 3.8) is 0 Å². The maximum Gasteiger partial charge on any atom is 0.341 e.